The lowest BCUT2D eigenvalue weighted by molar-refractivity contribution is 0.815. The molecule has 190 valence electrons. The fourth-order valence-corrected chi connectivity index (χ4v) is 5.51. The van der Waals surface area contributed by atoms with Crippen molar-refractivity contribution in [3.05, 3.63) is 131 Å². The molecule has 1 atom stereocenters. The van der Waals surface area contributed by atoms with Crippen molar-refractivity contribution in [3.63, 3.8) is 0 Å². The topological polar surface area (TPSA) is 57.8 Å². The van der Waals surface area contributed by atoms with Gasteiger partial charge in [-0.2, -0.15) is 5.10 Å². The number of rotatable bonds is 3. The van der Waals surface area contributed by atoms with Crippen LogP contribution >= 0.6 is 11.6 Å². The lowest BCUT2D eigenvalue weighted by Gasteiger charge is -2.40. The summed E-state index contributed by atoms with van der Waals surface area (Å²) in [4.78, 5) is 12.6. The third-order valence-corrected chi connectivity index (χ3v) is 7.35. The molecule has 0 amide bonds. The van der Waals surface area contributed by atoms with Crippen molar-refractivity contribution in [2.45, 2.75) is 19.9 Å². The van der Waals surface area contributed by atoms with E-state index in [1.165, 1.54) is 5.56 Å². The van der Waals surface area contributed by atoms with Crippen LogP contribution in [0.15, 0.2) is 113 Å². The zero-order valence-electron chi connectivity index (χ0n) is 21.5. The Labute approximate surface area is 231 Å². The predicted molar refractivity (Wildman–Crippen MR) is 160 cm³/mol. The van der Waals surface area contributed by atoms with Crippen molar-refractivity contribution in [3.8, 4) is 5.69 Å². The lowest BCUT2D eigenvalue weighted by Crippen LogP contribution is -2.46. The molecule has 0 aliphatic carbocycles. The minimum atomic E-state index is -0.213. The van der Waals surface area contributed by atoms with Gasteiger partial charge in [0.15, 0.2) is 17.5 Å². The van der Waals surface area contributed by atoms with Crippen molar-refractivity contribution in [1.82, 2.24) is 9.78 Å². The molecule has 3 heterocycles. The second kappa shape index (κ2) is 9.26. The number of nitrogens with zero attached hydrogens (tertiary/aromatic N) is 5. The highest BCUT2D eigenvalue weighted by Crippen LogP contribution is 2.48. The summed E-state index contributed by atoms with van der Waals surface area (Å²) >= 11 is 6.55. The number of hydrogen-bond donors (Lipinski definition) is 1. The van der Waals surface area contributed by atoms with Crippen molar-refractivity contribution >= 4 is 46.2 Å². The average Bonchev–Trinajstić information content (AvgIpc) is 3.29. The molecule has 5 aromatic rings. The van der Waals surface area contributed by atoms with Crippen LogP contribution in [-0.2, 0) is 0 Å². The maximum Gasteiger partial charge on any atom is 0.179 e. The maximum atomic E-state index is 6.55. The first-order valence-corrected chi connectivity index (χ1v) is 13.2. The molecule has 1 unspecified atom stereocenters. The largest absolute Gasteiger partial charge is 0.337 e. The molecule has 4 aromatic carbocycles. The molecule has 0 saturated heterocycles. The molecule has 1 aromatic heterocycles. The van der Waals surface area contributed by atoms with E-state index in [2.05, 4.69) is 53.5 Å². The number of halogens is 1. The molecule has 0 bridgehead atoms. The van der Waals surface area contributed by atoms with Gasteiger partial charge in [0, 0.05) is 16.3 Å². The number of amidine groups is 2. The van der Waals surface area contributed by atoms with E-state index in [1.807, 2.05) is 78.3 Å². The molecule has 7 heteroatoms. The van der Waals surface area contributed by atoms with Crippen LogP contribution in [0.3, 0.4) is 0 Å². The van der Waals surface area contributed by atoms with Crippen LogP contribution in [0.2, 0.25) is 5.02 Å². The first kappa shape index (κ1) is 23.4. The zero-order valence-corrected chi connectivity index (χ0v) is 22.3. The Bertz CT molecular complexity index is 1770. The number of para-hydroxylation sites is 3. The summed E-state index contributed by atoms with van der Waals surface area (Å²) in [5.41, 5.74) is 7.94. The van der Waals surface area contributed by atoms with Gasteiger partial charge in [-0.05, 0) is 67.9 Å². The van der Waals surface area contributed by atoms with Gasteiger partial charge < -0.3 is 10.2 Å². The van der Waals surface area contributed by atoms with Gasteiger partial charge in [-0.15, -0.1) is 0 Å². The Kier molecular flexibility index (Phi) is 5.56. The third kappa shape index (κ3) is 4.01. The van der Waals surface area contributed by atoms with Crippen LogP contribution in [-0.4, -0.2) is 21.5 Å². The van der Waals surface area contributed by atoms with Gasteiger partial charge >= 0.3 is 0 Å². The second-order valence-electron chi connectivity index (χ2n) is 9.77. The van der Waals surface area contributed by atoms with E-state index in [0.717, 1.165) is 51.2 Å². The van der Waals surface area contributed by atoms with Gasteiger partial charge in [0.05, 0.1) is 28.8 Å². The fraction of sp³-hybridized carbons (Fsp3) is 0.0938. The van der Waals surface area contributed by atoms with Crippen molar-refractivity contribution in [2.24, 2.45) is 9.98 Å². The highest BCUT2D eigenvalue weighted by molar-refractivity contribution is 6.51. The quantitative estimate of drug-likeness (QED) is 0.258. The van der Waals surface area contributed by atoms with Crippen molar-refractivity contribution in [2.75, 3.05) is 10.2 Å². The number of hydrogen-bond acceptors (Lipinski definition) is 5. The van der Waals surface area contributed by atoms with Gasteiger partial charge in [-0.25, -0.2) is 14.7 Å². The van der Waals surface area contributed by atoms with Gasteiger partial charge in [-0.1, -0.05) is 71.8 Å². The monoisotopic (exact) mass is 528 g/mol. The van der Waals surface area contributed by atoms with Gasteiger partial charge in [-0.3, -0.25) is 0 Å². The average molecular weight is 529 g/mol. The van der Waals surface area contributed by atoms with E-state index in [9.17, 15) is 0 Å². The van der Waals surface area contributed by atoms with Crippen LogP contribution in [0.4, 0.5) is 22.9 Å². The SMILES string of the molecule is Cc1ccc(NC2=Nc3ccccc3N3C2=Nc2c(c(C)nn2-c2ccccc2)C3c2cccc(Cl)c2)cc1. The summed E-state index contributed by atoms with van der Waals surface area (Å²) in [6, 6.07) is 34.4. The highest BCUT2D eigenvalue weighted by atomic mass is 35.5. The molecule has 2 aliphatic rings. The number of aryl methyl sites for hydroxylation is 2. The number of aromatic nitrogens is 2. The van der Waals surface area contributed by atoms with Crippen molar-refractivity contribution in [1.29, 1.82) is 0 Å². The summed E-state index contributed by atoms with van der Waals surface area (Å²) in [5, 5.41) is 9.22. The number of fused-ring (bicyclic) bond motifs is 4. The Morgan fingerprint density at radius 3 is 2.36 bits per heavy atom. The predicted octanol–water partition coefficient (Wildman–Crippen LogP) is 7.94. The van der Waals surface area contributed by atoms with Crippen LogP contribution in [0.1, 0.15) is 28.4 Å². The molecular weight excluding hydrogens is 504 g/mol. The molecule has 0 saturated carbocycles. The van der Waals surface area contributed by atoms with E-state index in [4.69, 9.17) is 26.7 Å². The van der Waals surface area contributed by atoms with Gasteiger partial charge in [0.2, 0.25) is 0 Å². The summed E-state index contributed by atoms with van der Waals surface area (Å²) in [7, 11) is 0. The molecular formula is C32H25ClN6. The van der Waals surface area contributed by atoms with E-state index in [1.54, 1.807) is 0 Å². The number of aliphatic imine (C=N–C) groups is 2. The number of benzene rings is 4. The molecule has 0 fully saturated rings. The Morgan fingerprint density at radius 1 is 0.795 bits per heavy atom. The molecule has 7 rings (SSSR count). The summed E-state index contributed by atoms with van der Waals surface area (Å²) < 4.78 is 1.93. The minimum absolute atomic E-state index is 0.213. The lowest BCUT2D eigenvalue weighted by atomic mass is 9.93. The zero-order chi connectivity index (χ0) is 26.5. The Hall–Kier alpha value is -4.68. The van der Waals surface area contributed by atoms with Crippen LogP contribution in [0.5, 0.6) is 0 Å². The van der Waals surface area contributed by atoms with Crippen LogP contribution in [0, 0.1) is 13.8 Å². The summed E-state index contributed by atoms with van der Waals surface area (Å²) in [6.07, 6.45) is 0. The first-order chi connectivity index (χ1) is 19.1. The van der Waals surface area contributed by atoms with Gasteiger partial charge in [0.25, 0.3) is 0 Å². The first-order valence-electron chi connectivity index (χ1n) is 12.9. The number of nitrogens with one attached hydrogen (secondary N) is 1. The number of anilines is 2. The molecule has 1 N–H and O–H groups in total. The van der Waals surface area contributed by atoms with Gasteiger partial charge in [0.1, 0.15) is 0 Å². The molecule has 6 nitrogen and oxygen atoms in total. The Balaban J connectivity index is 1.50. The van der Waals surface area contributed by atoms with E-state index >= 15 is 0 Å². The second-order valence-corrected chi connectivity index (χ2v) is 10.2. The van der Waals surface area contributed by atoms with Crippen LogP contribution < -0.4 is 10.2 Å². The summed E-state index contributed by atoms with van der Waals surface area (Å²) in [5.74, 6) is 2.19. The normalized spacial score (nSPS) is 15.6. The minimum Gasteiger partial charge on any atom is -0.337 e. The maximum absolute atomic E-state index is 6.55. The van der Waals surface area contributed by atoms with E-state index in [0.29, 0.717) is 10.9 Å². The van der Waals surface area contributed by atoms with E-state index in [-0.39, 0.29) is 6.04 Å². The smallest absolute Gasteiger partial charge is 0.179 e. The molecule has 0 spiro atoms. The summed E-state index contributed by atoms with van der Waals surface area (Å²) in [6.45, 7) is 4.13. The molecule has 39 heavy (non-hydrogen) atoms. The molecule has 2 aliphatic heterocycles. The van der Waals surface area contributed by atoms with Crippen molar-refractivity contribution < 1.29 is 0 Å². The Morgan fingerprint density at radius 2 is 1.56 bits per heavy atom. The standard InChI is InChI=1S/C32H25ClN6/c1-20-15-17-24(18-16-20)34-30-32-36-31-28(21(2)37-39(31)25-11-4-3-5-12-25)29(22-9-8-10-23(33)19-22)38(32)27-14-7-6-13-26(27)35-30/h3-19,29H,1-2H3,(H,34,35). The highest BCUT2D eigenvalue weighted by Gasteiger charge is 2.41. The molecule has 0 radical (unpaired) electrons. The van der Waals surface area contributed by atoms with Crippen LogP contribution in [0.25, 0.3) is 5.69 Å². The third-order valence-electron chi connectivity index (χ3n) is 7.12. The van der Waals surface area contributed by atoms with E-state index < -0.39 is 0 Å². The fourth-order valence-electron chi connectivity index (χ4n) is 5.31.